The molecule has 0 N–H and O–H groups in total. The van der Waals surface area contributed by atoms with Crippen LogP contribution in [0.25, 0.3) is 11.4 Å². The molecule has 0 aliphatic carbocycles. The van der Waals surface area contributed by atoms with Crippen LogP contribution in [0.5, 0.6) is 0 Å². The predicted octanol–water partition coefficient (Wildman–Crippen LogP) is 1.32. The fraction of sp³-hybridized carbons (Fsp3) is 0.167. The Morgan fingerprint density at radius 3 is 2.20 bits per heavy atom. The molecular formula is C12H14N2Si. The largest absolute Gasteiger partial charge is 0.236 e. The van der Waals surface area contributed by atoms with E-state index in [0.717, 1.165) is 17.0 Å². The minimum Gasteiger partial charge on any atom is -0.236 e. The van der Waals surface area contributed by atoms with Crippen LogP contribution in [0.1, 0.15) is 11.1 Å². The van der Waals surface area contributed by atoms with Gasteiger partial charge in [0.15, 0.2) is 5.82 Å². The van der Waals surface area contributed by atoms with Gasteiger partial charge in [-0.15, -0.1) is 0 Å². The molecule has 0 fully saturated rings. The Bertz CT molecular complexity index is 434. The van der Waals surface area contributed by atoms with E-state index in [4.69, 9.17) is 0 Å². The van der Waals surface area contributed by atoms with Crippen LogP contribution in [0.3, 0.4) is 0 Å². The number of aromatic nitrogens is 2. The van der Waals surface area contributed by atoms with Gasteiger partial charge in [-0.3, -0.25) is 0 Å². The molecular weight excluding hydrogens is 200 g/mol. The zero-order valence-corrected chi connectivity index (χ0v) is 11.1. The molecule has 1 aromatic carbocycles. The van der Waals surface area contributed by atoms with Gasteiger partial charge in [0.2, 0.25) is 0 Å². The fourth-order valence-electron chi connectivity index (χ4n) is 1.43. The lowest BCUT2D eigenvalue weighted by Gasteiger charge is -2.01. The van der Waals surface area contributed by atoms with E-state index in [2.05, 4.69) is 34.2 Å². The third-order valence-corrected chi connectivity index (χ3v) is 3.22. The average Bonchev–Trinajstić information content (AvgIpc) is 2.30. The van der Waals surface area contributed by atoms with Crippen molar-refractivity contribution in [3.05, 3.63) is 47.8 Å². The average molecular weight is 214 g/mol. The van der Waals surface area contributed by atoms with Crippen LogP contribution in [-0.2, 0) is 6.04 Å². The van der Waals surface area contributed by atoms with Crippen molar-refractivity contribution in [3.8, 4) is 11.4 Å². The minimum atomic E-state index is 0.806. The number of aryl methyl sites for hydroxylation is 1. The van der Waals surface area contributed by atoms with E-state index in [1.54, 1.807) is 0 Å². The van der Waals surface area contributed by atoms with Crippen LogP contribution in [0.15, 0.2) is 36.7 Å². The summed E-state index contributed by atoms with van der Waals surface area (Å²) in [5.41, 5.74) is 3.58. The Balaban J connectivity index is 2.33. The van der Waals surface area contributed by atoms with Gasteiger partial charge in [0, 0.05) is 28.2 Å². The summed E-state index contributed by atoms with van der Waals surface area (Å²) < 4.78 is 0. The minimum absolute atomic E-state index is 0.806. The molecule has 0 bridgehead atoms. The van der Waals surface area contributed by atoms with Crippen LogP contribution >= 0.6 is 0 Å². The van der Waals surface area contributed by atoms with E-state index in [0.29, 0.717) is 0 Å². The smallest absolute Gasteiger partial charge is 0.159 e. The first-order valence-electron chi connectivity index (χ1n) is 5.17. The molecule has 0 spiro atoms. The molecule has 15 heavy (non-hydrogen) atoms. The van der Waals surface area contributed by atoms with Gasteiger partial charge in [-0.25, -0.2) is 9.97 Å². The van der Waals surface area contributed by atoms with E-state index in [9.17, 15) is 0 Å². The lowest BCUT2D eigenvalue weighted by atomic mass is 10.1. The van der Waals surface area contributed by atoms with Gasteiger partial charge < -0.3 is 0 Å². The highest BCUT2D eigenvalue weighted by molar-refractivity contribution is 6.08. The zero-order valence-electron chi connectivity index (χ0n) is 9.07. The van der Waals surface area contributed by atoms with Crippen LogP contribution in [-0.4, -0.2) is 20.2 Å². The molecule has 2 rings (SSSR count). The third kappa shape index (κ3) is 2.30. The fourth-order valence-corrected chi connectivity index (χ4v) is 1.90. The Morgan fingerprint density at radius 1 is 1.07 bits per heavy atom. The summed E-state index contributed by atoms with van der Waals surface area (Å²) >= 11 is 0. The van der Waals surface area contributed by atoms with Crippen molar-refractivity contribution < 1.29 is 0 Å². The van der Waals surface area contributed by atoms with Gasteiger partial charge in [0.1, 0.15) is 0 Å². The summed E-state index contributed by atoms with van der Waals surface area (Å²) in [6.07, 6.45) is 3.70. The quantitative estimate of drug-likeness (QED) is 0.705. The monoisotopic (exact) mass is 214 g/mol. The zero-order chi connectivity index (χ0) is 10.7. The lowest BCUT2D eigenvalue weighted by molar-refractivity contribution is 1.14. The van der Waals surface area contributed by atoms with Crippen molar-refractivity contribution in [2.24, 2.45) is 0 Å². The second kappa shape index (κ2) is 4.36. The summed E-state index contributed by atoms with van der Waals surface area (Å²) in [5.74, 6) is 0.806. The van der Waals surface area contributed by atoms with E-state index in [1.165, 1.54) is 21.9 Å². The Hall–Kier alpha value is -1.48. The maximum Gasteiger partial charge on any atom is 0.159 e. The van der Waals surface area contributed by atoms with Crippen molar-refractivity contribution >= 4 is 10.2 Å². The number of rotatable bonds is 2. The molecule has 2 nitrogen and oxygen atoms in total. The number of hydrogen-bond donors (Lipinski definition) is 0. The summed E-state index contributed by atoms with van der Waals surface area (Å²) in [6, 6.07) is 9.71. The normalized spacial score (nSPS) is 10.5. The van der Waals surface area contributed by atoms with Crippen LogP contribution in [0.2, 0.25) is 0 Å². The van der Waals surface area contributed by atoms with E-state index in [1.807, 2.05) is 19.3 Å². The maximum absolute atomic E-state index is 4.30. The van der Waals surface area contributed by atoms with Crippen molar-refractivity contribution in [2.75, 3.05) is 0 Å². The van der Waals surface area contributed by atoms with Crippen molar-refractivity contribution in [2.45, 2.75) is 13.0 Å². The van der Waals surface area contributed by atoms with Crippen LogP contribution < -0.4 is 0 Å². The molecule has 2 aromatic rings. The summed E-state index contributed by atoms with van der Waals surface area (Å²) in [6.45, 7) is 1.99. The Labute approximate surface area is 92.8 Å². The van der Waals surface area contributed by atoms with Gasteiger partial charge >= 0.3 is 0 Å². The summed E-state index contributed by atoms with van der Waals surface area (Å²) in [4.78, 5) is 8.60. The molecule has 0 saturated carbocycles. The third-order valence-electron chi connectivity index (χ3n) is 2.40. The molecule has 0 aliphatic heterocycles. The van der Waals surface area contributed by atoms with Crippen molar-refractivity contribution in [1.29, 1.82) is 0 Å². The van der Waals surface area contributed by atoms with Gasteiger partial charge in [-0.2, -0.15) is 0 Å². The lowest BCUT2D eigenvalue weighted by Crippen LogP contribution is -1.90. The molecule has 0 amide bonds. The molecule has 0 atom stereocenters. The van der Waals surface area contributed by atoms with Crippen LogP contribution in [0.4, 0.5) is 0 Å². The highest BCUT2D eigenvalue weighted by Gasteiger charge is 1.99. The van der Waals surface area contributed by atoms with Gasteiger partial charge in [0.25, 0.3) is 0 Å². The highest BCUT2D eigenvalue weighted by atomic mass is 28.1. The number of hydrogen-bond acceptors (Lipinski definition) is 2. The topological polar surface area (TPSA) is 25.8 Å². The maximum atomic E-state index is 4.30. The summed E-state index contributed by atoms with van der Waals surface area (Å²) in [5, 5.41) is 0. The van der Waals surface area contributed by atoms with Crippen LogP contribution in [0, 0.1) is 6.92 Å². The number of nitrogens with zero attached hydrogens (tertiary/aromatic N) is 2. The highest BCUT2D eigenvalue weighted by Crippen LogP contribution is 2.14. The van der Waals surface area contributed by atoms with E-state index >= 15 is 0 Å². The first-order valence-corrected chi connectivity index (χ1v) is 6.59. The molecule has 0 radical (unpaired) electrons. The predicted molar refractivity (Wildman–Crippen MR) is 65.8 cm³/mol. The summed E-state index contributed by atoms with van der Waals surface area (Å²) in [7, 11) is 1.21. The molecule has 76 valence electrons. The van der Waals surface area contributed by atoms with E-state index in [-0.39, 0.29) is 0 Å². The van der Waals surface area contributed by atoms with E-state index < -0.39 is 0 Å². The van der Waals surface area contributed by atoms with Gasteiger partial charge in [0.05, 0.1) is 0 Å². The SMILES string of the molecule is Cc1cnc(-c2ccc(C[SiH3])cc2)nc1. The second-order valence-electron chi connectivity index (χ2n) is 3.63. The molecule has 1 aromatic heterocycles. The molecule has 1 heterocycles. The standard InChI is InChI=1S/C12H14N2Si/c1-9-6-13-12(14-7-9)11-4-2-10(8-15)3-5-11/h2-7H,8H2,1,15H3. The Kier molecular flexibility index (Phi) is 2.92. The molecule has 0 saturated heterocycles. The Morgan fingerprint density at radius 2 is 1.67 bits per heavy atom. The van der Waals surface area contributed by atoms with Crippen molar-refractivity contribution in [1.82, 2.24) is 9.97 Å². The second-order valence-corrected chi connectivity index (χ2v) is 4.34. The first-order chi connectivity index (χ1) is 7.29. The molecule has 0 aliphatic rings. The molecule has 0 unspecified atom stereocenters. The number of benzene rings is 1. The first kappa shape index (κ1) is 10.0. The van der Waals surface area contributed by atoms with Crippen molar-refractivity contribution in [3.63, 3.8) is 0 Å². The molecule has 3 heteroatoms. The van der Waals surface area contributed by atoms with Gasteiger partial charge in [-0.05, 0) is 18.5 Å². The van der Waals surface area contributed by atoms with Gasteiger partial charge in [-0.1, -0.05) is 29.8 Å².